The number of fused-ring (bicyclic) bond motifs is 2. The number of aryl methyl sites for hydroxylation is 1. The number of nitrogens with one attached hydrogen (secondary N) is 1. The Morgan fingerprint density at radius 1 is 0.875 bits per heavy atom. The average Bonchev–Trinajstić information content (AvgIpc) is 2.76. The summed E-state index contributed by atoms with van der Waals surface area (Å²) in [5.74, 6) is -1.57. The lowest BCUT2D eigenvalue weighted by molar-refractivity contribution is 0.0488. The molecule has 0 aliphatic carbocycles. The van der Waals surface area contributed by atoms with Crippen molar-refractivity contribution in [1.82, 2.24) is 4.98 Å². The number of aromatic amines is 1. The Kier molecular flexibility index (Phi) is 7.12. The molecular formula is C24H27NO7. The molecular weight excluding hydrogens is 414 g/mol. The summed E-state index contributed by atoms with van der Waals surface area (Å²) < 4.78 is 15.9. The van der Waals surface area contributed by atoms with Crippen LogP contribution in [0.25, 0.3) is 21.9 Å². The van der Waals surface area contributed by atoms with E-state index in [9.17, 15) is 19.2 Å². The number of benzene rings is 1. The fourth-order valence-electron chi connectivity index (χ4n) is 3.81. The van der Waals surface area contributed by atoms with E-state index in [1.807, 2.05) is 13.8 Å². The fourth-order valence-corrected chi connectivity index (χ4v) is 3.81. The molecule has 0 amide bonds. The number of rotatable bonds is 8. The maximum absolute atomic E-state index is 13.4. The van der Waals surface area contributed by atoms with Gasteiger partial charge in [-0.3, -0.25) is 9.59 Å². The normalized spacial score (nSPS) is 11.1. The number of carbonyl (C=O) groups excluding carboxylic acids is 2. The molecule has 3 aromatic rings. The van der Waals surface area contributed by atoms with E-state index in [0.717, 1.165) is 6.07 Å². The van der Waals surface area contributed by atoms with Gasteiger partial charge in [0.15, 0.2) is 10.9 Å². The first-order valence-corrected chi connectivity index (χ1v) is 10.9. The molecule has 1 aromatic carbocycles. The SMILES string of the molecule is CCCc1c(C(=O)OCC)[nH]c2c(CCC)c3oc(C(=O)OCC)cc(=O)c3cc2c1=O. The highest BCUT2D eigenvalue weighted by Crippen LogP contribution is 2.28. The number of carbonyl (C=O) groups is 2. The third-order valence-electron chi connectivity index (χ3n) is 5.14. The van der Waals surface area contributed by atoms with Crippen LogP contribution in [0, 0.1) is 0 Å². The Labute approximate surface area is 184 Å². The Morgan fingerprint density at radius 2 is 1.50 bits per heavy atom. The van der Waals surface area contributed by atoms with Gasteiger partial charge in [-0.2, -0.15) is 0 Å². The summed E-state index contributed by atoms with van der Waals surface area (Å²) in [4.78, 5) is 54.1. The molecule has 3 rings (SSSR count). The highest BCUT2D eigenvalue weighted by molar-refractivity contribution is 6.01. The van der Waals surface area contributed by atoms with Crippen LogP contribution in [-0.2, 0) is 22.3 Å². The Bertz CT molecular complexity index is 1300. The predicted octanol–water partition coefficient (Wildman–Crippen LogP) is 3.89. The molecule has 0 spiro atoms. The van der Waals surface area contributed by atoms with Gasteiger partial charge in [0.1, 0.15) is 11.3 Å². The first-order chi connectivity index (χ1) is 15.4. The molecule has 0 atom stereocenters. The highest BCUT2D eigenvalue weighted by atomic mass is 16.5. The van der Waals surface area contributed by atoms with Crippen LogP contribution in [0.5, 0.6) is 0 Å². The van der Waals surface area contributed by atoms with Crippen LogP contribution in [-0.4, -0.2) is 30.1 Å². The quantitative estimate of drug-likeness (QED) is 0.416. The van der Waals surface area contributed by atoms with Crippen LogP contribution >= 0.6 is 0 Å². The average molecular weight is 441 g/mol. The number of ether oxygens (including phenoxy) is 2. The van der Waals surface area contributed by atoms with E-state index in [1.165, 1.54) is 6.07 Å². The molecule has 32 heavy (non-hydrogen) atoms. The van der Waals surface area contributed by atoms with Crippen molar-refractivity contribution in [2.75, 3.05) is 13.2 Å². The molecule has 2 heterocycles. The van der Waals surface area contributed by atoms with Crippen molar-refractivity contribution in [1.29, 1.82) is 0 Å². The predicted molar refractivity (Wildman–Crippen MR) is 121 cm³/mol. The fraction of sp³-hybridized carbons (Fsp3) is 0.417. The van der Waals surface area contributed by atoms with Crippen LogP contribution in [0.15, 0.2) is 26.1 Å². The van der Waals surface area contributed by atoms with Gasteiger partial charge in [-0.15, -0.1) is 0 Å². The van der Waals surface area contributed by atoms with Gasteiger partial charge in [0.25, 0.3) is 0 Å². The molecule has 8 heteroatoms. The lowest BCUT2D eigenvalue weighted by Crippen LogP contribution is -2.21. The summed E-state index contributed by atoms with van der Waals surface area (Å²) in [5, 5.41) is 0.500. The van der Waals surface area contributed by atoms with Gasteiger partial charge in [-0.1, -0.05) is 26.7 Å². The van der Waals surface area contributed by atoms with Crippen molar-refractivity contribution in [3.8, 4) is 0 Å². The molecule has 0 aliphatic rings. The van der Waals surface area contributed by atoms with Gasteiger partial charge in [0.2, 0.25) is 5.76 Å². The van der Waals surface area contributed by atoms with Crippen LogP contribution < -0.4 is 10.9 Å². The van der Waals surface area contributed by atoms with Crippen molar-refractivity contribution in [3.05, 3.63) is 55.2 Å². The minimum atomic E-state index is -0.743. The minimum Gasteiger partial charge on any atom is -0.461 e. The Balaban J connectivity index is 2.46. The van der Waals surface area contributed by atoms with E-state index < -0.39 is 17.4 Å². The first-order valence-electron chi connectivity index (χ1n) is 10.9. The molecule has 0 saturated carbocycles. The van der Waals surface area contributed by atoms with Crippen molar-refractivity contribution >= 4 is 33.8 Å². The number of esters is 2. The second-order valence-electron chi connectivity index (χ2n) is 7.38. The number of H-pyrrole nitrogens is 1. The van der Waals surface area contributed by atoms with E-state index in [-0.39, 0.29) is 41.1 Å². The van der Waals surface area contributed by atoms with Crippen molar-refractivity contribution < 1.29 is 23.5 Å². The molecule has 0 fully saturated rings. The zero-order valence-corrected chi connectivity index (χ0v) is 18.8. The zero-order chi connectivity index (χ0) is 23.4. The molecule has 0 bridgehead atoms. The minimum absolute atomic E-state index is 0.104. The molecule has 8 nitrogen and oxygen atoms in total. The van der Waals surface area contributed by atoms with E-state index >= 15 is 0 Å². The Hall–Kier alpha value is -3.42. The van der Waals surface area contributed by atoms with Crippen molar-refractivity contribution in [3.63, 3.8) is 0 Å². The van der Waals surface area contributed by atoms with E-state index in [4.69, 9.17) is 13.9 Å². The number of hydrogen-bond donors (Lipinski definition) is 1. The largest absolute Gasteiger partial charge is 0.461 e. The molecule has 0 aliphatic heterocycles. The van der Waals surface area contributed by atoms with Crippen LogP contribution in [0.1, 0.15) is 72.7 Å². The van der Waals surface area contributed by atoms with E-state index in [2.05, 4.69) is 4.98 Å². The summed E-state index contributed by atoms with van der Waals surface area (Å²) in [6.45, 7) is 7.50. The second-order valence-corrected chi connectivity index (χ2v) is 7.38. The molecule has 0 radical (unpaired) electrons. The third-order valence-corrected chi connectivity index (χ3v) is 5.14. The highest BCUT2D eigenvalue weighted by Gasteiger charge is 2.23. The van der Waals surface area contributed by atoms with Crippen molar-refractivity contribution in [2.45, 2.75) is 53.4 Å². The standard InChI is InChI=1S/C24H27NO7/c1-5-9-13-20(24(29)31-8-4)25-19-14(10-6-2)22-15(11-16(19)21(13)27)17(26)12-18(32-22)23(28)30-7-3/h11-12H,5-10H2,1-4H3,(H,25,27). The molecule has 1 N–H and O–H groups in total. The van der Waals surface area contributed by atoms with Gasteiger partial charge in [0, 0.05) is 22.6 Å². The molecule has 170 valence electrons. The van der Waals surface area contributed by atoms with Gasteiger partial charge < -0.3 is 18.9 Å². The number of aromatic nitrogens is 1. The Morgan fingerprint density at radius 3 is 2.12 bits per heavy atom. The van der Waals surface area contributed by atoms with Crippen LogP contribution in [0.3, 0.4) is 0 Å². The van der Waals surface area contributed by atoms with Crippen molar-refractivity contribution in [2.24, 2.45) is 0 Å². The van der Waals surface area contributed by atoms with Gasteiger partial charge in [0.05, 0.1) is 24.1 Å². The molecule has 0 saturated heterocycles. The maximum atomic E-state index is 13.4. The number of pyridine rings is 1. The summed E-state index contributed by atoms with van der Waals surface area (Å²) >= 11 is 0. The third kappa shape index (κ3) is 4.17. The second kappa shape index (κ2) is 9.80. The van der Waals surface area contributed by atoms with Gasteiger partial charge in [-0.05, 0) is 32.8 Å². The monoisotopic (exact) mass is 441 g/mol. The van der Waals surface area contributed by atoms with Crippen LogP contribution in [0.2, 0.25) is 0 Å². The van der Waals surface area contributed by atoms with E-state index in [1.54, 1.807) is 13.8 Å². The van der Waals surface area contributed by atoms with Gasteiger partial charge >= 0.3 is 11.9 Å². The number of hydrogen-bond acceptors (Lipinski definition) is 7. The van der Waals surface area contributed by atoms with Crippen LogP contribution in [0.4, 0.5) is 0 Å². The lowest BCUT2D eigenvalue weighted by atomic mass is 9.97. The van der Waals surface area contributed by atoms with Gasteiger partial charge in [-0.25, -0.2) is 9.59 Å². The lowest BCUT2D eigenvalue weighted by Gasteiger charge is -2.14. The topological polar surface area (TPSA) is 116 Å². The zero-order valence-electron chi connectivity index (χ0n) is 18.8. The van der Waals surface area contributed by atoms with E-state index in [0.29, 0.717) is 47.7 Å². The smallest absolute Gasteiger partial charge is 0.374 e. The molecule has 2 aromatic heterocycles. The first kappa shape index (κ1) is 23.2. The summed E-state index contributed by atoms with van der Waals surface area (Å²) in [7, 11) is 0. The summed E-state index contributed by atoms with van der Waals surface area (Å²) in [6.07, 6.45) is 2.17. The summed E-state index contributed by atoms with van der Waals surface area (Å²) in [5.41, 5.74) is 0.810. The maximum Gasteiger partial charge on any atom is 0.374 e. The molecule has 0 unspecified atom stereocenters. The summed E-state index contributed by atoms with van der Waals surface area (Å²) in [6, 6.07) is 2.55.